The minimum absolute atomic E-state index is 0.315. The van der Waals surface area contributed by atoms with E-state index < -0.39 is 0 Å². The van der Waals surface area contributed by atoms with Gasteiger partial charge in [-0.05, 0) is 12.1 Å². The third-order valence-corrected chi connectivity index (χ3v) is 3.33. The van der Waals surface area contributed by atoms with Gasteiger partial charge < -0.3 is 15.6 Å². The first kappa shape index (κ1) is 14.1. The molecule has 0 spiro atoms. The van der Waals surface area contributed by atoms with E-state index in [1.54, 1.807) is 16.7 Å². The first-order valence-electron chi connectivity index (χ1n) is 7.24. The number of anilines is 2. The molecule has 120 valence electrons. The number of nitrogen functional groups attached to an aromatic ring is 1. The van der Waals surface area contributed by atoms with E-state index in [4.69, 9.17) is 10.3 Å². The van der Waals surface area contributed by atoms with E-state index in [0.29, 0.717) is 47.8 Å². The molecule has 0 amide bonds. The van der Waals surface area contributed by atoms with Gasteiger partial charge in [0.25, 0.3) is 0 Å². The Morgan fingerprint density at radius 1 is 1.25 bits per heavy atom. The Labute approximate surface area is 135 Å². The largest absolute Gasteiger partial charge is 0.369 e. The fraction of sp³-hybridized carbons (Fsp3) is 0.143. The number of rotatable bonds is 5. The molecule has 0 fully saturated rings. The Bertz CT molecular complexity index is 963. The lowest BCUT2D eigenvalue weighted by atomic mass is 10.3. The molecule has 0 aliphatic rings. The zero-order chi connectivity index (χ0) is 16.4. The van der Waals surface area contributed by atoms with Crippen LogP contribution < -0.4 is 11.1 Å². The van der Waals surface area contributed by atoms with Crippen LogP contribution in [0.4, 0.5) is 11.8 Å². The molecule has 0 atom stereocenters. The first-order chi connectivity index (χ1) is 11.8. The first-order valence-corrected chi connectivity index (χ1v) is 7.24. The topological polar surface area (TPSA) is 133 Å². The molecule has 3 N–H and O–H groups in total. The summed E-state index contributed by atoms with van der Waals surface area (Å²) in [5, 5.41) is 14.8. The average molecular weight is 323 g/mol. The minimum atomic E-state index is 0.315. The second-order valence-corrected chi connectivity index (χ2v) is 4.96. The van der Waals surface area contributed by atoms with E-state index in [0.717, 1.165) is 0 Å². The highest BCUT2D eigenvalue weighted by Gasteiger charge is 2.09. The quantitative estimate of drug-likeness (QED) is 0.547. The number of hydrogen-bond donors (Lipinski definition) is 2. The molecule has 10 heteroatoms. The van der Waals surface area contributed by atoms with E-state index in [-0.39, 0.29) is 0 Å². The normalized spacial score (nSPS) is 11.0. The van der Waals surface area contributed by atoms with Gasteiger partial charge in [0, 0.05) is 25.2 Å². The molecule has 0 unspecified atom stereocenters. The monoisotopic (exact) mass is 323 g/mol. The fourth-order valence-electron chi connectivity index (χ4n) is 2.19. The Morgan fingerprint density at radius 3 is 3.08 bits per heavy atom. The van der Waals surface area contributed by atoms with Crippen molar-refractivity contribution < 1.29 is 4.52 Å². The van der Waals surface area contributed by atoms with E-state index in [9.17, 15) is 0 Å². The van der Waals surface area contributed by atoms with Crippen LogP contribution in [-0.4, -0.2) is 41.3 Å². The van der Waals surface area contributed by atoms with Crippen molar-refractivity contribution in [2.24, 2.45) is 0 Å². The highest BCUT2D eigenvalue weighted by molar-refractivity contribution is 5.53. The van der Waals surface area contributed by atoms with Gasteiger partial charge >= 0.3 is 0 Å². The molecule has 0 saturated heterocycles. The van der Waals surface area contributed by atoms with Crippen molar-refractivity contribution in [3.05, 3.63) is 42.7 Å². The fourth-order valence-corrected chi connectivity index (χ4v) is 2.19. The van der Waals surface area contributed by atoms with Gasteiger partial charge in [-0.15, -0.1) is 10.2 Å². The zero-order valence-electron chi connectivity index (χ0n) is 12.5. The maximum Gasteiger partial charge on any atom is 0.228 e. The van der Waals surface area contributed by atoms with Crippen molar-refractivity contribution in [2.75, 3.05) is 17.6 Å². The minimum Gasteiger partial charge on any atom is -0.369 e. The van der Waals surface area contributed by atoms with Crippen molar-refractivity contribution in [1.82, 2.24) is 34.7 Å². The van der Waals surface area contributed by atoms with Crippen LogP contribution in [0.2, 0.25) is 0 Å². The van der Waals surface area contributed by atoms with Gasteiger partial charge in [-0.3, -0.25) is 9.38 Å². The maximum absolute atomic E-state index is 5.84. The summed E-state index contributed by atoms with van der Waals surface area (Å²) in [6.07, 6.45) is 3.74. The number of aromatic nitrogens is 7. The number of fused-ring (bicyclic) bond motifs is 1. The van der Waals surface area contributed by atoms with E-state index in [1.807, 2.05) is 18.2 Å². The van der Waals surface area contributed by atoms with Gasteiger partial charge in [-0.2, -0.15) is 9.97 Å². The number of hydrogen-bond acceptors (Lipinski definition) is 9. The van der Waals surface area contributed by atoms with Crippen molar-refractivity contribution in [3.8, 4) is 11.5 Å². The zero-order valence-corrected chi connectivity index (χ0v) is 12.5. The molecular formula is C14H13N9O. The highest BCUT2D eigenvalue weighted by atomic mass is 16.5. The van der Waals surface area contributed by atoms with Crippen molar-refractivity contribution in [2.45, 2.75) is 6.42 Å². The second kappa shape index (κ2) is 5.91. The van der Waals surface area contributed by atoms with Crippen LogP contribution in [0.3, 0.4) is 0 Å². The van der Waals surface area contributed by atoms with Gasteiger partial charge in [-0.25, -0.2) is 0 Å². The van der Waals surface area contributed by atoms with Crippen LogP contribution in [0.5, 0.6) is 0 Å². The van der Waals surface area contributed by atoms with Crippen LogP contribution in [0.1, 0.15) is 5.89 Å². The Morgan fingerprint density at radius 2 is 2.21 bits per heavy atom. The molecule has 4 aromatic heterocycles. The average Bonchev–Trinajstić information content (AvgIpc) is 3.25. The van der Waals surface area contributed by atoms with E-state index in [2.05, 4.69) is 35.6 Å². The lowest BCUT2D eigenvalue weighted by Gasteiger charge is -2.05. The molecule has 4 aromatic rings. The number of pyridine rings is 1. The van der Waals surface area contributed by atoms with Crippen LogP contribution in [0.25, 0.3) is 17.2 Å². The van der Waals surface area contributed by atoms with Crippen molar-refractivity contribution >= 4 is 17.4 Å². The maximum atomic E-state index is 5.84. The van der Waals surface area contributed by atoms with Crippen molar-refractivity contribution in [1.29, 1.82) is 0 Å². The molecule has 0 aliphatic carbocycles. The number of nitrogens with one attached hydrogen (secondary N) is 1. The Balaban J connectivity index is 1.41. The summed E-state index contributed by atoms with van der Waals surface area (Å²) in [6.45, 7) is 0.556. The molecule has 24 heavy (non-hydrogen) atoms. The van der Waals surface area contributed by atoms with Gasteiger partial charge in [0.2, 0.25) is 17.7 Å². The van der Waals surface area contributed by atoms with E-state index >= 15 is 0 Å². The summed E-state index contributed by atoms with van der Waals surface area (Å²) >= 11 is 0. The molecule has 0 saturated carbocycles. The molecular weight excluding hydrogens is 310 g/mol. The van der Waals surface area contributed by atoms with Crippen LogP contribution >= 0.6 is 0 Å². The Kier molecular flexibility index (Phi) is 3.46. The summed E-state index contributed by atoms with van der Waals surface area (Å²) in [4.78, 5) is 12.7. The summed E-state index contributed by atoms with van der Waals surface area (Å²) in [5.41, 5.74) is 7.13. The molecule has 4 rings (SSSR count). The molecule has 4 heterocycles. The SMILES string of the molecule is Nc1nc(NCCc2nc(-c3ccccn3)no2)cc2nncn12. The smallest absolute Gasteiger partial charge is 0.228 e. The summed E-state index contributed by atoms with van der Waals surface area (Å²) in [5.74, 6) is 1.91. The summed E-state index contributed by atoms with van der Waals surface area (Å²) < 4.78 is 6.83. The van der Waals surface area contributed by atoms with Gasteiger partial charge in [0.05, 0.1) is 0 Å². The molecule has 0 bridgehead atoms. The lowest BCUT2D eigenvalue weighted by Crippen LogP contribution is -2.09. The number of nitrogens with two attached hydrogens (primary N) is 1. The molecule has 0 aromatic carbocycles. The summed E-state index contributed by atoms with van der Waals surface area (Å²) in [7, 11) is 0. The third-order valence-electron chi connectivity index (χ3n) is 3.33. The lowest BCUT2D eigenvalue weighted by molar-refractivity contribution is 0.381. The van der Waals surface area contributed by atoms with Crippen LogP contribution in [0.15, 0.2) is 41.3 Å². The second-order valence-electron chi connectivity index (χ2n) is 4.96. The van der Waals surface area contributed by atoms with Crippen LogP contribution in [0, 0.1) is 0 Å². The van der Waals surface area contributed by atoms with Gasteiger partial charge in [0.1, 0.15) is 17.8 Å². The Hall–Kier alpha value is -3.56. The number of nitrogens with zero attached hydrogens (tertiary/aromatic N) is 7. The molecule has 0 aliphatic heterocycles. The standard InChI is InChI=1S/C14H13N9O/c15-14-19-10(7-11-21-18-8-23(11)14)17-6-4-12-20-13(22-24-12)9-3-1-2-5-16-9/h1-3,5,7-8,17H,4,6H2,(H2,15,19). The van der Waals surface area contributed by atoms with E-state index in [1.165, 1.54) is 6.33 Å². The molecule has 10 nitrogen and oxygen atoms in total. The highest BCUT2D eigenvalue weighted by Crippen LogP contribution is 2.13. The van der Waals surface area contributed by atoms with Crippen LogP contribution in [-0.2, 0) is 6.42 Å². The van der Waals surface area contributed by atoms with Gasteiger partial charge in [-0.1, -0.05) is 11.2 Å². The predicted molar refractivity (Wildman–Crippen MR) is 84.9 cm³/mol. The summed E-state index contributed by atoms with van der Waals surface area (Å²) in [6, 6.07) is 7.29. The van der Waals surface area contributed by atoms with Crippen molar-refractivity contribution in [3.63, 3.8) is 0 Å². The predicted octanol–water partition coefficient (Wildman–Crippen LogP) is 0.806. The molecule has 0 radical (unpaired) electrons. The van der Waals surface area contributed by atoms with Gasteiger partial charge in [0.15, 0.2) is 5.65 Å². The third kappa shape index (κ3) is 2.72.